The summed E-state index contributed by atoms with van der Waals surface area (Å²) < 4.78 is 13.4. The molecule has 8 heteroatoms. The lowest BCUT2D eigenvalue weighted by molar-refractivity contribution is -0.117. The molecule has 162 valence electrons. The monoisotopic (exact) mass is 556 g/mol. The van der Waals surface area contributed by atoms with Crippen molar-refractivity contribution >= 4 is 55.4 Å². The molecule has 6 nitrogen and oxygen atoms in total. The van der Waals surface area contributed by atoms with Gasteiger partial charge in [0.15, 0.2) is 11.5 Å². The standard InChI is InChI=1S/C24H18Br2N2O4/c1-31-21-9-5-6-15(22(21)32-14-16-10-11-17(25)13-20(16)26)12-19-23(29)27-28(24(19)30)18-7-3-2-4-8-18/h2-13H,14H2,1H3,(H,27,29)/b19-12+. The number of benzene rings is 3. The minimum Gasteiger partial charge on any atom is -0.493 e. The van der Waals surface area contributed by atoms with Crippen molar-refractivity contribution < 1.29 is 19.1 Å². The number of methoxy groups -OCH3 is 1. The van der Waals surface area contributed by atoms with E-state index in [2.05, 4.69) is 37.3 Å². The topological polar surface area (TPSA) is 67.9 Å². The molecule has 0 saturated carbocycles. The predicted octanol–water partition coefficient (Wildman–Crippen LogP) is 5.26. The molecule has 0 aromatic heterocycles. The largest absolute Gasteiger partial charge is 0.493 e. The number of hydrogen-bond acceptors (Lipinski definition) is 4. The van der Waals surface area contributed by atoms with E-state index in [9.17, 15) is 9.59 Å². The number of hydrazine groups is 1. The van der Waals surface area contributed by atoms with Crippen molar-refractivity contribution in [2.45, 2.75) is 6.61 Å². The van der Waals surface area contributed by atoms with Crippen LogP contribution in [0.1, 0.15) is 11.1 Å². The highest BCUT2D eigenvalue weighted by Crippen LogP contribution is 2.35. The molecule has 0 bridgehead atoms. The van der Waals surface area contributed by atoms with Gasteiger partial charge >= 0.3 is 0 Å². The van der Waals surface area contributed by atoms with Gasteiger partial charge in [-0.2, -0.15) is 0 Å². The Kier molecular flexibility index (Phi) is 6.62. The first kappa shape index (κ1) is 22.1. The van der Waals surface area contributed by atoms with Gasteiger partial charge in [-0.15, -0.1) is 0 Å². The zero-order valence-electron chi connectivity index (χ0n) is 17.0. The van der Waals surface area contributed by atoms with E-state index in [-0.39, 0.29) is 12.2 Å². The number of para-hydroxylation sites is 2. The molecular formula is C24H18Br2N2O4. The second-order valence-electron chi connectivity index (χ2n) is 6.88. The highest BCUT2D eigenvalue weighted by atomic mass is 79.9. The summed E-state index contributed by atoms with van der Waals surface area (Å²) in [6.07, 6.45) is 1.52. The van der Waals surface area contributed by atoms with E-state index < -0.39 is 11.8 Å². The number of rotatable bonds is 6. The van der Waals surface area contributed by atoms with Gasteiger partial charge in [-0.25, -0.2) is 5.01 Å². The van der Waals surface area contributed by atoms with Crippen LogP contribution >= 0.6 is 31.9 Å². The van der Waals surface area contributed by atoms with Crippen LogP contribution in [0.5, 0.6) is 11.5 Å². The first-order valence-electron chi connectivity index (χ1n) is 9.64. The van der Waals surface area contributed by atoms with E-state index in [0.29, 0.717) is 22.7 Å². The number of nitrogens with one attached hydrogen (secondary N) is 1. The first-order chi connectivity index (χ1) is 15.5. The summed E-state index contributed by atoms with van der Waals surface area (Å²) in [4.78, 5) is 25.5. The summed E-state index contributed by atoms with van der Waals surface area (Å²) in [6.45, 7) is 0.265. The number of ether oxygens (including phenoxy) is 2. The smallest absolute Gasteiger partial charge is 0.282 e. The number of carbonyl (C=O) groups excluding carboxylic acids is 2. The maximum atomic E-state index is 12.9. The van der Waals surface area contributed by atoms with Crippen LogP contribution in [0.15, 0.2) is 81.2 Å². The fourth-order valence-electron chi connectivity index (χ4n) is 3.22. The first-order valence-corrected chi connectivity index (χ1v) is 11.2. The lowest BCUT2D eigenvalue weighted by Crippen LogP contribution is -2.35. The molecule has 2 amide bonds. The van der Waals surface area contributed by atoms with Crippen molar-refractivity contribution in [3.05, 3.63) is 92.4 Å². The lowest BCUT2D eigenvalue weighted by atomic mass is 10.1. The van der Waals surface area contributed by atoms with Crippen LogP contribution in [-0.2, 0) is 16.2 Å². The molecule has 1 aliphatic rings. The van der Waals surface area contributed by atoms with Gasteiger partial charge < -0.3 is 9.47 Å². The number of amides is 2. The summed E-state index contributed by atoms with van der Waals surface area (Å²) in [5.74, 6) is 0.0170. The summed E-state index contributed by atoms with van der Waals surface area (Å²) in [6, 6.07) is 20.0. The van der Waals surface area contributed by atoms with Crippen molar-refractivity contribution in [3.63, 3.8) is 0 Å². The number of carbonyl (C=O) groups is 2. The van der Waals surface area contributed by atoms with Crippen molar-refractivity contribution in [1.82, 2.24) is 5.43 Å². The minimum absolute atomic E-state index is 0.0109. The maximum absolute atomic E-state index is 12.9. The molecule has 1 N–H and O–H groups in total. The average Bonchev–Trinajstić information content (AvgIpc) is 3.08. The second kappa shape index (κ2) is 9.58. The van der Waals surface area contributed by atoms with Gasteiger partial charge in [0.25, 0.3) is 11.8 Å². The summed E-state index contributed by atoms with van der Waals surface area (Å²) in [7, 11) is 1.54. The van der Waals surface area contributed by atoms with Gasteiger partial charge in [0, 0.05) is 20.1 Å². The van der Waals surface area contributed by atoms with Crippen LogP contribution in [0.2, 0.25) is 0 Å². The third-order valence-electron chi connectivity index (χ3n) is 4.82. The van der Waals surface area contributed by atoms with E-state index in [1.54, 1.807) is 49.6 Å². The highest BCUT2D eigenvalue weighted by Gasteiger charge is 2.34. The molecule has 0 radical (unpaired) electrons. The van der Waals surface area contributed by atoms with E-state index in [0.717, 1.165) is 14.5 Å². The Hall–Kier alpha value is -3.10. The molecule has 0 spiro atoms. The molecule has 32 heavy (non-hydrogen) atoms. The van der Waals surface area contributed by atoms with Gasteiger partial charge in [0.1, 0.15) is 12.2 Å². The fourth-order valence-corrected chi connectivity index (χ4v) is 4.38. The van der Waals surface area contributed by atoms with E-state index in [4.69, 9.17) is 9.47 Å². The number of halogens is 2. The van der Waals surface area contributed by atoms with Crippen molar-refractivity contribution in [1.29, 1.82) is 0 Å². The SMILES string of the molecule is COc1cccc(/C=C2\C(=O)NN(c3ccccc3)C2=O)c1OCc1ccc(Br)cc1Br. The molecule has 3 aromatic rings. The Labute approximate surface area is 202 Å². The van der Waals surface area contributed by atoms with Crippen LogP contribution in [0.25, 0.3) is 6.08 Å². The van der Waals surface area contributed by atoms with Crippen molar-refractivity contribution in [2.75, 3.05) is 12.1 Å². The Bertz CT molecular complexity index is 1210. The molecular weight excluding hydrogens is 540 g/mol. The Balaban J connectivity index is 1.66. The molecule has 4 rings (SSSR count). The number of hydrogen-bond donors (Lipinski definition) is 1. The second-order valence-corrected chi connectivity index (χ2v) is 8.65. The van der Waals surface area contributed by atoms with Crippen LogP contribution in [-0.4, -0.2) is 18.9 Å². The molecule has 1 fully saturated rings. The Morgan fingerprint density at radius 1 is 1.00 bits per heavy atom. The molecule has 0 atom stereocenters. The Morgan fingerprint density at radius 2 is 1.78 bits per heavy atom. The van der Waals surface area contributed by atoms with Crippen LogP contribution in [0.4, 0.5) is 5.69 Å². The van der Waals surface area contributed by atoms with E-state index in [1.165, 1.54) is 11.1 Å². The van der Waals surface area contributed by atoms with Gasteiger partial charge in [0.05, 0.1) is 12.8 Å². The van der Waals surface area contributed by atoms with Gasteiger partial charge in [0.2, 0.25) is 0 Å². The molecule has 3 aromatic carbocycles. The maximum Gasteiger partial charge on any atom is 0.282 e. The summed E-state index contributed by atoms with van der Waals surface area (Å²) in [5, 5.41) is 1.23. The zero-order chi connectivity index (χ0) is 22.7. The van der Waals surface area contributed by atoms with Crippen molar-refractivity contribution in [2.24, 2.45) is 0 Å². The Morgan fingerprint density at radius 3 is 2.50 bits per heavy atom. The van der Waals surface area contributed by atoms with E-state index >= 15 is 0 Å². The minimum atomic E-state index is -0.483. The molecule has 1 aliphatic heterocycles. The van der Waals surface area contributed by atoms with Gasteiger partial charge in [-0.05, 0) is 36.4 Å². The lowest BCUT2D eigenvalue weighted by Gasteiger charge is -2.15. The van der Waals surface area contributed by atoms with Crippen molar-refractivity contribution in [3.8, 4) is 11.5 Å². The average molecular weight is 558 g/mol. The predicted molar refractivity (Wildman–Crippen MR) is 129 cm³/mol. The zero-order valence-corrected chi connectivity index (χ0v) is 20.1. The number of anilines is 1. The van der Waals surface area contributed by atoms with Crippen LogP contribution in [0.3, 0.4) is 0 Å². The highest BCUT2D eigenvalue weighted by molar-refractivity contribution is 9.11. The van der Waals surface area contributed by atoms with Crippen LogP contribution < -0.4 is 19.9 Å². The third kappa shape index (κ3) is 4.56. The summed E-state index contributed by atoms with van der Waals surface area (Å²) >= 11 is 6.97. The normalized spacial score (nSPS) is 14.6. The summed E-state index contributed by atoms with van der Waals surface area (Å²) in [5.41, 5.74) is 4.69. The molecule has 0 aliphatic carbocycles. The quantitative estimate of drug-likeness (QED) is 0.331. The van der Waals surface area contributed by atoms with E-state index in [1.807, 2.05) is 24.3 Å². The van der Waals surface area contributed by atoms with Gasteiger partial charge in [-0.1, -0.05) is 68.3 Å². The molecule has 1 heterocycles. The molecule has 0 unspecified atom stereocenters. The number of nitrogens with zero attached hydrogens (tertiary/aromatic N) is 1. The molecule has 1 saturated heterocycles. The van der Waals surface area contributed by atoms with Gasteiger partial charge in [-0.3, -0.25) is 15.0 Å². The third-order valence-corrected chi connectivity index (χ3v) is 6.05. The van der Waals surface area contributed by atoms with Crippen LogP contribution in [0, 0.1) is 0 Å². The fraction of sp³-hybridized carbons (Fsp3) is 0.0833.